The highest BCUT2D eigenvalue weighted by Gasteiger charge is 2.36. The van der Waals surface area contributed by atoms with Crippen molar-refractivity contribution in [3.63, 3.8) is 0 Å². The lowest BCUT2D eigenvalue weighted by molar-refractivity contribution is 0.148. The fourth-order valence-electron chi connectivity index (χ4n) is 2.97. The number of rotatable bonds is 4. The summed E-state index contributed by atoms with van der Waals surface area (Å²) in [5.41, 5.74) is 6.82. The molecule has 0 heterocycles. The van der Waals surface area contributed by atoms with Crippen molar-refractivity contribution in [2.75, 3.05) is 0 Å². The Balaban J connectivity index is 2.04. The van der Waals surface area contributed by atoms with E-state index in [2.05, 4.69) is 61.0 Å². The van der Waals surface area contributed by atoms with Crippen LogP contribution in [0.15, 0.2) is 33.6 Å². The number of hydrogen-bond donors (Lipinski definition) is 1. The number of halogens is 1. The fraction of sp³-hybridized carbons (Fsp3) is 0.647. The quantitative estimate of drug-likeness (QED) is 0.774. The van der Waals surface area contributed by atoms with E-state index in [0.717, 1.165) is 10.4 Å². The minimum atomic E-state index is 0.340. The third-order valence-corrected chi connectivity index (χ3v) is 6.88. The van der Waals surface area contributed by atoms with Crippen LogP contribution in [-0.2, 0) is 0 Å². The third-order valence-electron chi connectivity index (χ3n) is 4.96. The van der Waals surface area contributed by atoms with E-state index in [9.17, 15) is 0 Å². The normalized spacial score (nSPS) is 27.6. The lowest BCUT2D eigenvalue weighted by Gasteiger charge is -2.41. The highest BCUT2D eigenvalue weighted by atomic mass is 79.9. The maximum atomic E-state index is 6.37. The van der Waals surface area contributed by atoms with Gasteiger partial charge in [0.2, 0.25) is 0 Å². The first kappa shape index (κ1) is 16.4. The summed E-state index contributed by atoms with van der Waals surface area (Å²) in [4.78, 5) is 1.34. The minimum Gasteiger partial charge on any atom is -0.327 e. The summed E-state index contributed by atoms with van der Waals surface area (Å²) in [5, 5.41) is 0.556. The molecule has 3 unspecified atom stereocenters. The minimum absolute atomic E-state index is 0.340. The van der Waals surface area contributed by atoms with E-state index in [1.165, 1.54) is 30.6 Å². The molecule has 2 N–H and O–H groups in total. The predicted octanol–water partition coefficient (Wildman–Crippen LogP) is 5.47. The molecule has 0 spiro atoms. The van der Waals surface area contributed by atoms with Gasteiger partial charge in [0.15, 0.2) is 0 Å². The average molecular weight is 356 g/mol. The maximum absolute atomic E-state index is 6.37. The molecule has 1 aliphatic carbocycles. The van der Waals surface area contributed by atoms with Crippen LogP contribution in [0.2, 0.25) is 0 Å². The van der Waals surface area contributed by atoms with Crippen LogP contribution in [-0.4, -0.2) is 11.3 Å². The van der Waals surface area contributed by atoms with Crippen LogP contribution >= 0.6 is 27.7 Å². The average Bonchev–Trinajstić information content (AvgIpc) is 2.43. The van der Waals surface area contributed by atoms with Crippen LogP contribution in [0.5, 0.6) is 0 Å². The molecule has 0 radical (unpaired) electrons. The van der Waals surface area contributed by atoms with Gasteiger partial charge < -0.3 is 5.73 Å². The zero-order valence-corrected chi connectivity index (χ0v) is 15.1. The Morgan fingerprint density at radius 2 is 1.90 bits per heavy atom. The zero-order valence-electron chi connectivity index (χ0n) is 12.7. The molecule has 1 aromatic rings. The van der Waals surface area contributed by atoms with E-state index in [-0.39, 0.29) is 0 Å². The van der Waals surface area contributed by atoms with Crippen LogP contribution in [0.3, 0.4) is 0 Å². The first-order chi connectivity index (χ1) is 9.42. The van der Waals surface area contributed by atoms with Gasteiger partial charge in [0.25, 0.3) is 0 Å². The van der Waals surface area contributed by atoms with E-state index in [1.54, 1.807) is 0 Å². The second-order valence-electron chi connectivity index (χ2n) is 6.63. The van der Waals surface area contributed by atoms with Crippen molar-refractivity contribution in [3.8, 4) is 0 Å². The number of nitrogens with two attached hydrogens (primary N) is 1. The summed E-state index contributed by atoms with van der Waals surface area (Å²) in [7, 11) is 0. The summed E-state index contributed by atoms with van der Waals surface area (Å²) < 4.78 is 1.14. The SMILES string of the molecule is CCC(C)(C)C1CCC(N)C(Sc2ccc(Br)cc2)C1. The smallest absolute Gasteiger partial charge is 0.0249 e. The van der Waals surface area contributed by atoms with E-state index in [0.29, 0.717) is 16.7 Å². The molecular weight excluding hydrogens is 330 g/mol. The first-order valence-electron chi connectivity index (χ1n) is 7.60. The van der Waals surface area contributed by atoms with Gasteiger partial charge in [0, 0.05) is 20.7 Å². The fourth-order valence-corrected chi connectivity index (χ4v) is 4.52. The van der Waals surface area contributed by atoms with Gasteiger partial charge in [0.05, 0.1) is 0 Å². The Morgan fingerprint density at radius 3 is 2.50 bits per heavy atom. The van der Waals surface area contributed by atoms with Gasteiger partial charge >= 0.3 is 0 Å². The van der Waals surface area contributed by atoms with E-state index in [1.807, 2.05) is 11.8 Å². The second kappa shape index (κ2) is 6.85. The second-order valence-corrected chi connectivity index (χ2v) is 8.85. The molecule has 0 aliphatic heterocycles. The van der Waals surface area contributed by atoms with Crippen molar-refractivity contribution in [2.45, 2.75) is 62.6 Å². The van der Waals surface area contributed by atoms with Crippen molar-refractivity contribution >= 4 is 27.7 Å². The van der Waals surface area contributed by atoms with Crippen molar-refractivity contribution in [3.05, 3.63) is 28.7 Å². The number of thioether (sulfide) groups is 1. The summed E-state index contributed by atoms with van der Waals surface area (Å²) in [6.07, 6.45) is 4.97. The van der Waals surface area contributed by atoms with Crippen LogP contribution < -0.4 is 5.73 Å². The lowest BCUT2D eigenvalue weighted by Crippen LogP contribution is -2.42. The van der Waals surface area contributed by atoms with Gasteiger partial charge in [-0.2, -0.15) is 0 Å². The molecule has 3 atom stereocenters. The molecule has 0 amide bonds. The Morgan fingerprint density at radius 1 is 1.25 bits per heavy atom. The molecule has 2 rings (SSSR count). The van der Waals surface area contributed by atoms with E-state index >= 15 is 0 Å². The highest BCUT2D eigenvalue weighted by molar-refractivity contribution is 9.10. The molecule has 3 heteroatoms. The van der Waals surface area contributed by atoms with E-state index < -0.39 is 0 Å². The Bertz CT molecular complexity index is 429. The summed E-state index contributed by atoms with van der Waals surface area (Å²) in [6.45, 7) is 7.14. The van der Waals surface area contributed by atoms with Crippen LogP contribution in [0.4, 0.5) is 0 Å². The molecular formula is C17H26BrNS. The molecule has 20 heavy (non-hydrogen) atoms. The van der Waals surface area contributed by atoms with Gasteiger partial charge in [-0.15, -0.1) is 11.8 Å². The number of hydrogen-bond acceptors (Lipinski definition) is 2. The van der Waals surface area contributed by atoms with Gasteiger partial charge in [-0.25, -0.2) is 0 Å². The van der Waals surface area contributed by atoms with E-state index in [4.69, 9.17) is 5.73 Å². The molecule has 0 saturated heterocycles. The first-order valence-corrected chi connectivity index (χ1v) is 9.27. The van der Waals surface area contributed by atoms with Crippen molar-refractivity contribution < 1.29 is 0 Å². The van der Waals surface area contributed by atoms with Gasteiger partial charge in [0.1, 0.15) is 0 Å². The monoisotopic (exact) mass is 355 g/mol. The molecule has 1 aliphatic rings. The highest BCUT2D eigenvalue weighted by Crippen LogP contribution is 2.44. The molecule has 1 aromatic carbocycles. The van der Waals surface area contributed by atoms with Gasteiger partial charge in [-0.05, 0) is 54.9 Å². The third kappa shape index (κ3) is 4.02. The number of benzene rings is 1. The predicted molar refractivity (Wildman–Crippen MR) is 93.2 cm³/mol. The Labute approximate surface area is 136 Å². The van der Waals surface area contributed by atoms with Crippen molar-refractivity contribution in [1.82, 2.24) is 0 Å². The Hall–Kier alpha value is 0.01000. The van der Waals surface area contributed by atoms with Crippen LogP contribution in [0.25, 0.3) is 0 Å². The molecule has 1 fully saturated rings. The summed E-state index contributed by atoms with van der Waals surface area (Å²) >= 11 is 5.46. The molecule has 0 aromatic heterocycles. The lowest BCUT2D eigenvalue weighted by atomic mass is 9.69. The maximum Gasteiger partial charge on any atom is 0.0249 e. The van der Waals surface area contributed by atoms with Crippen LogP contribution in [0, 0.1) is 11.3 Å². The van der Waals surface area contributed by atoms with Gasteiger partial charge in [-0.1, -0.05) is 43.1 Å². The van der Waals surface area contributed by atoms with Crippen LogP contribution in [0.1, 0.15) is 46.5 Å². The standard InChI is InChI=1S/C17H26BrNS/c1-4-17(2,3)12-5-10-15(19)16(11-12)20-14-8-6-13(18)7-9-14/h6-9,12,15-16H,4-5,10-11,19H2,1-3H3. The molecule has 1 nitrogen and oxygen atoms in total. The topological polar surface area (TPSA) is 26.0 Å². The van der Waals surface area contributed by atoms with Crippen molar-refractivity contribution in [1.29, 1.82) is 0 Å². The van der Waals surface area contributed by atoms with Gasteiger partial charge in [-0.3, -0.25) is 0 Å². The zero-order chi connectivity index (χ0) is 14.8. The summed E-state index contributed by atoms with van der Waals surface area (Å²) in [6, 6.07) is 8.95. The molecule has 1 saturated carbocycles. The largest absolute Gasteiger partial charge is 0.327 e. The molecule has 0 bridgehead atoms. The summed E-state index contributed by atoms with van der Waals surface area (Å²) in [5.74, 6) is 0.806. The van der Waals surface area contributed by atoms with Crippen molar-refractivity contribution in [2.24, 2.45) is 17.1 Å². The Kier molecular flexibility index (Phi) is 5.61. The molecule has 112 valence electrons.